The summed E-state index contributed by atoms with van der Waals surface area (Å²) in [6.45, 7) is 4.51. The molecule has 4 rings (SSSR count). The molecule has 0 amide bonds. The lowest BCUT2D eigenvalue weighted by atomic mass is 9.84. The van der Waals surface area contributed by atoms with Gasteiger partial charge in [-0.2, -0.15) is 0 Å². The predicted molar refractivity (Wildman–Crippen MR) is 82.2 cm³/mol. The number of aromatic hydroxyl groups is 1. The summed E-state index contributed by atoms with van der Waals surface area (Å²) in [6.07, 6.45) is 2.64. The fraction of sp³-hybridized carbons (Fsp3) is 0.600. The molecule has 3 aliphatic rings. The second-order valence-corrected chi connectivity index (χ2v) is 6.61. The predicted octanol–water partition coefficient (Wildman–Crippen LogP) is 2.35. The molecular weight excluding hydrogens is 320 g/mol. The second kappa shape index (κ2) is 5.92. The van der Waals surface area contributed by atoms with E-state index in [2.05, 4.69) is 26.1 Å². The van der Waals surface area contributed by atoms with Crippen LogP contribution in [0, 0.1) is 5.92 Å². The summed E-state index contributed by atoms with van der Waals surface area (Å²) in [5, 5.41) is 13.5. The van der Waals surface area contributed by atoms with Crippen molar-refractivity contribution in [1.29, 1.82) is 0 Å². The summed E-state index contributed by atoms with van der Waals surface area (Å²) < 4.78 is 5.87. The molecule has 1 aromatic rings. The van der Waals surface area contributed by atoms with Gasteiger partial charge in [0.2, 0.25) is 0 Å². The van der Waals surface area contributed by atoms with Crippen LogP contribution in [0.25, 0.3) is 0 Å². The quantitative estimate of drug-likeness (QED) is 0.883. The van der Waals surface area contributed by atoms with E-state index in [0.717, 1.165) is 18.0 Å². The maximum Gasteiger partial charge on any atom is 0.172 e. The first-order valence-corrected chi connectivity index (χ1v) is 7.98. The Morgan fingerprint density at radius 2 is 2.15 bits per heavy atom. The maximum absolute atomic E-state index is 9.83. The van der Waals surface area contributed by atoms with E-state index in [1.54, 1.807) is 7.11 Å². The Bertz CT molecular complexity index is 487. The Balaban J connectivity index is 1.65. The van der Waals surface area contributed by atoms with E-state index in [1.165, 1.54) is 32.5 Å². The topological polar surface area (TPSA) is 44.7 Å². The van der Waals surface area contributed by atoms with Crippen molar-refractivity contribution in [3.05, 3.63) is 22.2 Å². The smallest absolute Gasteiger partial charge is 0.172 e. The highest BCUT2D eigenvalue weighted by Gasteiger charge is 2.33. The average molecular weight is 341 g/mol. The molecule has 1 aromatic carbocycles. The van der Waals surface area contributed by atoms with Crippen molar-refractivity contribution in [3.63, 3.8) is 0 Å². The van der Waals surface area contributed by atoms with Gasteiger partial charge in [-0.05, 0) is 65.5 Å². The van der Waals surface area contributed by atoms with Gasteiger partial charge in [0.15, 0.2) is 11.5 Å². The van der Waals surface area contributed by atoms with Crippen LogP contribution in [0.4, 0.5) is 0 Å². The molecular formula is C15H21BrN2O2. The first-order valence-electron chi connectivity index (χ1n) is 7.18. The number of fused-ring (bicyclic) bond motifs is 3. The molecule has 3 aliphatic heterocycles. The Morgan fingerprint density at radius 3 is 2.75 bits per heavy atom. The van der Waals surface area contributed by atoms with E-state index >= 15 is 0 Å². The monoisotopic (exact) mass is 340 g/mol. The Morgan fingerprint density at radius 1 is 1.40 bits per heavy atom. The summed E-state index contributed by atoms with van der Waals surface area (Å²) in [5.41, 5.74) is 1.13. The lowest BCUT2D eigenvalue weighted by Crippen LogP contribution is -2.55. The van der Waals surface area contributed by atoms with Gasteiger partial charge >= 0.3 is 0 Å². The van der Waals surface area contributed by atoms with Crippen LogP contribution in [-0.2, 0) is 6.54 Å². The number of hydrogen-bond acceptors (Lipinski definition) is 4. The van der Waals surface area contributed by atoms with E-state index in [0.29, 0.717) is 16.3 Å². The summed E-state index contributed by atoms with van der Waals surface area (Å²) in [4.78, 5) is 2.55. The summed E-state index contributed by atoms with van der Waals surface area (Å²) in [6, 6.07) is 4.44. The van der Waals surface area contributed by atoms with Crippen molar-refractivity contribution in [1.82, 2.24) is 10.2 Å². The molecule has 0 saturated carbocycles. The number of phenols is 1. The van der Waals surface area contributed by atoms with Crippen molar-refractivity contribution in [2.24, 2.45) is 5.92 Å². The molecule has 3 saturated heterocycles. The van der Waals surface area contributed by atoms with Crippen LogP contribution in [0.15, 0.2) is 16.6 Å². The number of hydrogen-bond donors (Lipinski definition) is 2. The largest absolute Gasteiger partial charge is 0.503 e. The van der Waals surface area contributed by atoms with Crippen LogP contribution in [0.2, 0.25) is 0 Å². The molecule has 20 heavy (non-hydrogen) atoms. The summed E-state index contributed by atoms with van der Waals surface area (Å²) >= 11 is 3.37. The molecule has 3 heterocycles. The minimum atomic E-state index is 0.166. The molecule has 0 radical (unpaired) electrons. The van der Waals surface area contributed by atoms with E-state index in [1.807, 2.05) is 12.1 Å². The van der Waals surface area contributed by atoms with Gasteiger partial charge in [0.1, 0.15) is 0 Å². The average Bonchev–Trinajstić information content (AvgIpc) is 2.49. The molecule has 2 bridgehead atoms. The number of piperidine rings is 3. The second-order valence-electron chi connectivity index (χ2n) is 5.75. The van der Waals surface area contributed by atoms with Gasteiger partial charge in [0, 0.05) is 19.1 Å². The van der Waals surface area contributed by atoms with Gasteiger partial charge in [-0.15, -0.1) is 0 Å². The van der Waals surface area contributed by atoms with Crippen LogP contribution >= 0.6 is 15.9 Å². The number of methoxy groups -OCH3 is 1. The Labute approximate surface area is 128 Å². The van der Waals surface area contributed by atoms with Crippen LogP contribution in [0.3, 0.4) is 0 Å². The number of phenolic OH excluding ortho intramolecular Hbond substituents is 1. The molecule has 3 fully saturated rings. The van der Waals surface area contributed by atoms with Gasteiger partial charge in [-0.3, -0.25) is 0 Å². The SMILES string of the molecule is COc1cc(CNC2CN3CCC2CC3)cc(Br)c1O. The number of nitrogens with zero attached hydrogens (tertiary/aromatic N) is 1. The lowest BCUT2D eigenvalue weighted by molar-refractivity contribution is 0.0720. The highest BCUT2D eigenvalue weighted by Crippen LogP contribution is 2.35. The molecule has 0 spiro atoms. The third-order valence-corrected chi connectivity index (χ3v) is 5.14. The zero-order valence-electron chi connectivity index (χ0n) is 11.7. The third-order valence-electron chi connectivity index (χ3n) is 4.53. The normalized spacial score (nSPS) is 28.6. The summed E-state index contributed by atoms with van der Waals surface area (Å²) in [5.74, 6) is 1.51. The lowest BCUT2D eigenvalue weighted by Gasteiger charge is -2.45. The van der Waals surface area contributed by atoms with Gasteiger partial charge < -0.3 is 20.1 Å². The molecule has 0 aliphatic carbocycles. The van der Waals surface area contributed by atoms with Crippen LogP contribution in [0.5, 0.6) is 11.5 Å². The first kappa shape index (κ1) is 14.2. The fourth-order valence-corrected chi connectivity index (χ4v) is 3.82. The van der Waals surface area contributed by atoms with Gasteiger partial charge in [-0.1, -0.05) is 0 Å². The molecule has 110 valence electrons. The minimum absolute atomic E-state index is 0.166. The van der Waals surface area contributed by atoms with E-state index < -0.39 is 0 Å². The standard InChI is InChI=1S/C15H21BrN2O2/c1-20-14-7-10(6-12(16)15(14)19)8-17-13-9-18-4-2-11(13)3-5-18/h6-7,11,13,17,19H,2-5,8-9H2,1H3. The molecule has 2 N–H and O–H groups in total. The van der Waals surface area contributed by atoms with Gasteiger partial charge in [0.25, 0.3) is 0 Å². The molecule has 1 unspecified atom stereocenters. The molecule has 0 aromatic heterocycles. The Hall–Kier alpha value is -0.780. The number of halogens is 1. The van der Waals surface area contributed by atoms with Crippen molar-refractivity contribution in [2.75, 3.05) is 26.7 Å². The summed E-state index contributed by atoms with van der Waals surface area (Å²) in [7, 11) is 1.58. The maximum atomic E-state index is 9.83. The van der Waals surface area contributed by atoms with Gasteiger partial charge in [-0.25, -0.2) is 0 Å². The minimum Gasteiger partial charge on any atom is -0.503 e. The van der Waals surface area contributed by atoms with E-state index in [9.17, 15) is 5.11 Å². The third kappa shape index (κ3) is 2.80. The first-order chi connectivity index (χ1) is 9.67. The van der Waals surface area contributed by atoms with E-state index in [4.69, 9.17) is 4.74 Å². The zero-order chi connectivity index (χ0) is 14.1. The van der Waals surface area contributed by atoms with Crippen molar-refractivity contribution >= 4 is 15.9 Å². The van der Waals surface area contributed by atoms with Gasteiger partial charge in [0.05, 0.1) is 11.6 Å². The highest BCUT2D eigenvalue weighted by atomic mass is 79.9. The molecule has 1 atom stereocenters. The number of nitrogens with one attached hydrogen (secondary N) is 1. The van der Waals surface area contributed by atoms with E-state index in [-0.39, 0.29) is 5.75 Å². The molecule has 4 nitrogen and oxygen atoms in total. The van der Waals surface area contributed by atoms with Crippen molar-refractivity contribution in [3.8, 4) is 11.5 Å². The van der Waals surface area contributed by atoms with Crippen LogP contribution in [-0.4, -0.2) is 42.8 Å². The number of rotatable bonds is 4. The Kier molecular flexibility index (Phi) is 4.19. The number of ether oxygens (including phenoxy) is 1. The van der Waals surface area contributed by atoms with Crippen LogP contribution in [0.1, 0.15) is 18.4 Å². The van der Waals surface area contributed by atoms with Crippen LogP contribution < -0.4 is 10.1 Å². The highest BCUT2D eigenvalue weighted by molar-refractivity contribution is 9.10. The van der Waals surface area contributed by atoms with Crippen molar-refractivity contribution < 1.29 is 9.84 Å². The fourth-order valence-electron chi connectivity index (χ4n) is 3.33. The molecule has 5 heteroatoms. The van der Waals surface area contributed by atoms with Crippen molar-refractivity contribution in [2.45, 2.75) is 25.4 Å². The number of benzene rings is 1. The zero-order valence-corrected chi connectivity index (χ0v) is 13.3.